The molecule has 6 nitrogen and oxygen atoms in total. The highest BCUT2D eigenvalue weighted by molar-refractivity contribution is 7.89. The number of hydrogen-bond acceptors (Lipinski definition) is 4. The van der Waals surface area contributed by atoms with Crippen LogP contribution in [0.5, 0.6) is 5.75 Å². The predicted molar refractivity (Wildman–Crippen MR) is 109 cm³/mol. The summed E-state index contributed by atoms with van der Waals surface area (Å²) in [4.78, 5) is 12.7. The van der Waals surface area contributed by atoms with Crippen molar-refractivity contribution in [2.75, 3.05) is 11.9 Å². The Bertz CT molecular complexity index is 990. The van der Waals surface area contributed by atoms with Crippen LogP contribution in [-0.4, -0.2) is 26.0 Å². The number of carbonyl (C=O) groups excluding carboxylic acids is 1. The van der Waals surface area contributed by atoms with E-state index in [0.29, 0.717) is 12.5 Å². The highest BCUT2D eigenvalue weighted by Crippen LogP contribution is 2.31. The lowest BCUT2D eigenvalue weighted by atomic mass is 9.87. The van der Waals surface area contributed by atoms with E-state index in [0.717, 1.165) is 18.4 Å². The van der Waals surface area contributed by atoms with Gasteiger partial charge in [0.25, 0.3) is 5.91 Å². The Morgan fingerprint density at radius 2 is 1.86 bits per heavy atom. The average molecular weight is 403 g/mol. The van der Waals surface area contributed by atoms with Gasteiger partial charge in [0.15, 0.2) is 0 Å². The molecule has 1 aliphatic carbocycles. The summed E-state index contributed by atoms with van der Waals surface area (Å²) in [5.74, 6) is -0.115. The van der Waals surface area contributed by atoms with E-state index in [1.165, 1.54) is 18.2 Å². The molecule has 0 aliphatic heterocycles. The van der Waals surface area contributed by atoms with Crippen molar-refractivity contribution in [2.45, 2.75) is 43.9 Å². The van der Waals surface area contributed by atoms with Crippen molar-refractivity contribution in [3.8, 4) is 5.75 Å². The molecule has 2 aromatic carbocycles. The molecule has 0 aromatic heterocycles. The molecule has 0 spiro atoms. The number of phenols is 1. The Labute approximate surface area is 166 Å². The summed E-state index contributed by atoms with van der Waals surface area (Å²) in [6.07, 6.45) is 2.09. The molecule has 1 saturated carbocycles. The number of carbonyl (C=O) groups is 1. The number of aromatic hydroxyl groups is 1. The zero-order valence-corrected chi connectivity index (χ0v) is 17.1. The van der Waals surface area contributed by atoms with Crippen LogP contribution in [0.3, 0.4) is 0 Å². The third-order valence-electron chi connectivity index (χ3n) is 4.78. The Kier molecular flexibility index (Phi) is 5.50. The van der Waals surface area contributed by atoms with Gasteiger partial charge in [-0.3, -0.25) is 4.79 Å². The molecule has 1 amide bonds. The standard InChI is InChI=1S/C21H26N2O4S/c1-21(2,3)16-9-10-19(24)18(12-16)23-20(25)15-5-4-6-17(11-15)28(26,27)22-13-14-7-8-14/h4-6,9-12,14,22,24H,7-8,13H2,1-3H3,(H,23,25). The van der Waals surface area contributed by atoms with Crippen LogP contribution >= 0.6 is 0 Å². The van der Waals surface area contributed by atoms with Gasteiger partial charge in [-0.05, 0) is 60.1 Å². The number of nitrogens with one attached hydrogen (secondary N) is 2. The van der Waals surface area contributed by atoms with Gasteiger partial charge in [-0.15, -0.1) is 0 Å². The molecule has 0 heterocycles. The van der Waals surface area contributed by atoms with E-state index in [-0.39, 0.29) is 27.3 Å². The molecule has 7 heteroatoms. The van der Waals surface area contributed by atoms with E-state index < -0.39 is 15.9 Å². The van der Waals surface area contributed by atoms with Crippen LogP contribution in [-0.2, 0) is 15.4 Å². The molecule has 0 bridgehead atoms. The summed E-state index contributed by atoms with van der Waals surface area (Å²) in [5.41, 5.74) is 1.31. The van der Waals surface area contributed by atoms with Crippen molar-refractivity contribution in [3.05, 3.63) is 53.6 Å². The molecule has 0 unspecified atom stereocenters. The number of anilines is 1. The first-order valence-electron chi connectivity index (χ1n) is 9.31. The minimum Gasteiger partial charge on any atom is -0.506 e. The first kappa shape index (κ1) is 20.4. The number of hydrogen-bond donors (Lipinski definition) is 3. The molecule has 1 aliphatic rings. The van der Waals surface area contributed by atoms with Crippen molar-refractivity contribution >= 4 is 21.6 Å². The Balaban J connectivity index is 1.80. The van der Waals surface area contributed by atoms with Gasteiger partial charge in [-0.25, -0.2) is 13.1 Å². The van der Waals surface area contributed by atoms with Gasteiger partial charge in [0, 0.05) is 12.1 Å². The van der Waals surface area contributed by atoms with Crippen molar-refractivity contribution in [1.82, 2.24) is 4.72 Å². The maximum atomic E-state index is 12.6. The van der Waals surface area contributed by atoms with Gasteiger partial charge in [-0.2, -0.15) is 0 Å². The van der Waals surface area contributed by atoms with Crippen molar-refractivity contribution in [2.24, 2.45) is 5.92 Å². The Morgan fingerprint density at radius 1 is 1.14 bits per heavy atom. The topological polar surface area (TPSA) is 95.5 Å². The average Bonchev–Trinajstić information content (AvgIpc) is 3.45. The van der Waals surface area contributed by atoms with E-state index in [4.69, 9.17) is 0 Å². The maximum Gasteiger partial charge on any atom is 0.255 e. The zero-order valence-electron chi connectivity index (χ0n) is 16.3. The van der Waals surface area contributed by atoms with Gasteiger partial charge < -0.3 is 10.4 Å². The molecular formula is C21H26N2O4S. The summed E-state index contributed by atoms with van der Waals surface area (Å²) in [6.45, 7) is 6.53. The minimum absolute atomic E-state index is 0.0452. The summed E-state index contributed by atoms with van der Waals surface area (Å²) in [5, 5.41) is 12.8. The molecule has 3 rings (SSSR count). The lowest BCUT2D eigenvalue weighted by Crippen LogP contribution is -2.26. The Morgan fingerprint density at radius 3 is 2.50 bits per heavy atom. The second-order valence-corrected chi connectivity index (χ2v) is 10.0. The van der Waals surface area contributed by atoms with Crippen molar-refractivity contribution in [3.63, 3.8) is 0 Å². The Hall–Kier alpha value is -2.38. The number of rotatable bonds is 6. The third-order valence-corrected chi connectivity index (χ3v) is 6.20. The summed E-state index contributed by atoms with van der Waals surface area (Å²) in [7, 11) is -3.66. The normalized spacial score (nSPS) is 14.7. The maximum absolute atomic E-state index is 12.6. The fourth-order valence-electron chi connectivity index (χ4n) is 2.73. The van der Waals surface area contributed by atoms with E-state index in [2.05, 4.69) is 10.0 Å². The molecule has 2 aromatic rings. The molecule has 1 fully saturated rings. The second kappa shape index (κ2) is 7.56. The van der Waals surface area contributed by atoms with Gasteiger partial charge in [-0.1, -0.05) is 32.9 Å². The monoisotopic (exact) mass is 402 g/mol. The highest BCUT2D eigenvalue weighted by Gasteiger charge is 2.25. The molecule has 0 radical (unpaired) electrons. The van der Waals surface area contributed by atoms with Gasteiger partial charge in [0.2, 0.25) is 10.0 Å². The SMILES string of the molecule is CC(C)(C)c1ccc(O)c(NC(=O)c2cccc(S(=O)(=O)NCC3CC3)c2)c1. The van der Waals surface area contributed by atoms with Crippen LogP contribution in [0.2, 0.25) is 0 Å². The van der Waals surface area contributed by atoms with Gasteiger partial charge in [0.1, 0.15) is 5.75 Å². The summed E-state index contributed by atoms with van der Waals surface area (Å²) in [6, 6.07) is 11.0. The number of amides is 1. The van der Waals surface area contributed by atoms with Crippen molar-refractivity contribution in [1.29, 1.82) is 0 Å². The predicted octanol–water partition coefficient (Wildman–Crippen LogP) is 3.63. The van der Waals surface area contributed by atoms with Crippen LogP contribution in [0.25, 0.3) is 0 Å². The van der Waals surface area contributed by atoms with Crippen LogP contribution in [0, 0.1) is 5.92 Å². The quantitative estimate of drug-likeness (QED) is 0.643. The molecular weight excluding hydrogens is 376 g/mol. The van der Waals surface area contributed by atoms with Crippen LogP contribution in [0.1, 0.15) is 49.5 Å². The molecule has 28 heavy (non-hydrogen) atoms. The van der Waals surface area contributed by atoms with E-state index in [9.17, 15) is 18.3 Å². The van der Waals surface area contributed by atoms with E-state index >= 15 is 0 Å². The summed E-state index contributed by atoms with van der Waals surface area (Å²) >= 11 is 0. The smallest absolute Gasteiger partial charge is 0.255 e. The zero-order chi connectivity index (χ0) is 20.5. The second-order valence-electron chi connectivity index (χ2n) is 8.26. The number of sulfonamides is 1. The first-order chi connectivity index (χ1) is 13.1. The molecule has 0 atom stereocenters. The van der Waals surface area contributed by atoms with Crippen LogP contribution in [0.15, 0.2) is 47.4 Å². The minimum atomic E-state index is -3.66. The highest BCUT2D eigenvalue weighted by atomic mass is 32.2. The first-order valence-corrected chi connectivity index (χ1v) is 10.8. The summed E-state index contributed by atoms with van der Waals surface area (Å²) < 4.78 is 27.4. The van der Waals surface area contributed by atoms with Crippen LogP contribution in [0.4, 0.5) is 5.69 Å². The number of benzene rings is 2. The van der Waals surface area contributed by atoms with Crippen LogP contribution < -0.4 is 10.0 Å². The largest absolute Gasteiger partial charge is 0.506 e. The molecule has 3 N–H and O–H groups in total. The van der Waals surface area contributed by atoms with E-state index in [1.807, 2.05) is 26.8 Å². The van der Waals surface area contributed by atoms with E-state index in [1.54, 1.807) is 18.2 Å². The fraction of sp³-hybridized carbons (Fsp3) is 0.381. The van der Waals surface area contributed by atoms with Gasteiger partial charge >= 0.3 is 0 Å². The lowest BCUT2D eigenvalue weighted by molar-refractivity contribution is 0.102. The number of phenolic OH excluding ortho intramolecular Hbond substituents is 1. The molecule has 150 valence electrons. The van der Waals surface area contributed by atoms with Crippen molar-refractivity contribution < 1.29 is 18.3 Å². The fourth-order valence-corrected chi connectivity index (χ4v) is 3.90. The third kappa shape index (κ3) is 4.91. The van der Waals surface area contributed by atoms with Gasteiger partial charge in [0.05, 0.1) is 10.6 Å². The lowest BCUT2D eigenvalue weighted by Gasteiger charge is -2.20. The molecule has 0 saturated heterocycles.